The Morgan fingerprint density at radius 1 is 1.30 bits per heavy atom. The first-order chi connectivity index (χ1) is 9.49. The summed E-state index contributed by atoms with van der Waals surface area (Å²) in [6.45, 7) is 0. The van der Waals surface area contributed by atoms with Gasteiger partial charge >= 0.3 is 5.97 Å². The molecule has 102 valence electrons. The summed E-state index contributed by atoms with van der Waals surface area (Å²) in [6.07, 6.45) is 1.44. The van der Waals surface area contributed by atoms with Crippen LogP contribution in [-0.4, -0.2) is 22.0 Å². The molecule has 0 atom stereocenters. The summed E-state index contributed by atoms with van der Waals surface area (Å²) in [5.74, 6) is -1.52. The lowest BCUT2D eigenvalue weighted by Gasteiger charge is -2.09. The Hall–Kier alpha value is -2.41. The number of carboxylic acids is 1. The third kappa shape index (κ3) is 2.94. The van der Waals surface area contributed by atoms with Crippen LogP contribution in [0.4, 0.5) is 0 Å². The van der Waals surface area contributed by atoms with E-state index in [1.54, 1.807) is 6.07 Å². The van der Waals surface area contributed by atoms with Crippen LogP contribution in [0.3, 0.4) is 0 Å². The number of ether oxygens (including phenoxy) is 1. The summed E-state index contributed by atoms with van der Waals surface area (Å²) in [4.78, 5) is 26.1. The molecule has 20 heavy (non-hydrogen) atoms. The molecule has 0 bridgehead atoms. The normalized spacial score (nSPS) is 10.1. The molecule has 2 aromatic rings. The molecule has 0 fully saturated rings. The molecule has 7 heteroatoms. The van der Waals surface area contributed by atoms with Crippen molar-refractivity contribution >= 4 is 27.8 Å². The van der Waals surface area contributed by atoms with Crippen molar-refractivity contribution in [2.75, 3.05) is 0 Å². The van der Waals surface area contributed by atoms with E-state index >= 15 is 0 Å². The van der Waals surface area contributed by atoms with E-state index < -0.39 is 11.9 Å². The number of rotatable bonds is 4. The van der Waals surface area contributed by atoms with E-state index in [0.717, 1.165) is 0 Å². The van der Waals surface area contributed by atoms with Gasteiger partial charge in [-0.25, -0.2) is 9.78 Å². The van der Waals surface area contributed by atoms with E-state index in [1.165, 1.54) is 30.5 Å². The standard InChI is InChI=1S/C13H9BrN2O4/c14-9-4-3-7(13(18)19)6-10(9)20-12-8(11(15)17)2-1-5-16-12/h1-6H,(H2,15,17)(H,18,19). The molecule has 0 saturated heterocycles. The minimum absolute atomic E-state index is 0.0169. The predicted molar refractivity (Wildman–Crippen MR) is 73.9 cm³/mol. The quantitative estimate of drug-likeness (QED) is 0.892. The molecular weight excluding hydrogens is 328 g/mol. The van der Waals surface area contributed by atoms with Crippen LogP contribution in [0, 0.1) is 0 Å². The molecule has 0 spiro atoms. The van der Waals surface area contributed by atoms with Gasteiger partial charge in [0.15, 0.2) is 0 Å². The van der Waals surface area contributed by atoms with Gasteiger partial charge in [-0.05, 0) is 46.3 Å². The molecule has 1 heterocycles. The van der Waals surface area contributed by atoms with Crippen LogP contribution in [0.1, 0.15) is 20.7 Å². The lowest BCUT2D eigenvalue weighted by Crippen LogP contribution is -2.12. The third-order valence-electron chi connectivity index (χ3n) is 2.42. The molecule has 0 aliphatic rings. The fourth-order valence-corrected chi connectivity index (χ4v) is 1.81. The van der Waals surface area contributed by atoms with Gasteiger partial charge in [0, 0.05) is 6.20 Å². The number of carboxylic acid groups (broad SMARTS) is 1. The van der Waals surface area contributed by atoms with Crippen LogP contribution >= 0.6 is 15.9 Å². The second-order valence-electron chi connectivity index (χ2n) is 3.77. The van der Waals surface area contributed by atoms with E-state index in [-0.39, 0.29) is 22.8 Å². The summed E-state index contributed by atoms with van der Waals surface area (Å²) in [7, 11) is 0. The van der Waals surface area contributed by atoms with Gasteiger partial charge in [0.05, 0.1) is 10.0 Å². The SMILES string of the molecule is NC(=O)c1cccnc1Oc1cc(C(=O)O)ccc1Br. The maximum absolute atomic E-state index is 11.3. The maximum Gasteiger partial charge on any atom is 0.335 e. The van der Waals surface area contributed by atoms with Crippen molar-refractivity contribution in [1.29, 1.82) is 0 Å². The number of nitrogens with zero attached hydrogens (tertiary/aromatic N) is 1. The van der Waals surface area contributed by atoms with Crippen molar-refractivity contribution < 1.29 is 19.4 Å². The Labute approximate surface area is 122 Å². The zero-order valence-electron chi connectivity index (χ0n) is 10.0. The molecule has 3 N–H and O–H groups in total. The monoisotopic (exact) mass is 336 g/mol. The molecule has 2 rings (SSSR count). The topological polar surface area (TPSA) is 103 Å². The van der Waals surface area contributed by atoms with Gasteiger partial charge < -0.3 is 15.6 Å². The number of benzene rings is 1. The molecule has 0 saturated carbocycles. The van der Waals surface area contributed by atoms with Crippen LogP contribution < -0.4 is 10.5 Å². The number of aromatic nitrogens is 1. The molecular formula is C13H9BrN2O4. The number of hydrogen-bond donors (Lipinski definition) is 2. The van der Waals surface area contributed by atoms with Crippen LogP contribution in [0.2, 0.25) is 0 Å². The smallest absolute Gasteiger partial charge is 0.335 e. The largest absolute Gasteiger partial charge is 0.478 e. The molecule has 1 aromatic heterocycles. The Bertz CT molecular complexity index is 688. The highest BCUT2D eigenvalue weighted by Crippen LogP contribution is 2.31. The molecule has 0 unspecified atom stereocenters. The van der Waals surface area contributed by atoms with Crippen LogP contribution in [-0.2, 0) is 0 Å². The average molecular weight is 337 g/mol. The Morgan fingerprint density at radius 3 is 2.70 bits per heavy atom. The summed E-state index contributed by atoms with van der Waals surface area (Å²) in [5.41, 5.74) is 5.39. The lowest BCUT2D eigenvalue weighted by molar-refractivity contribution is 0.0696. The Balaban J connectivity index is 2.42. The highest BCUT2D eigenvalue weighted by molar-refractivity contribution is 9.10. The predicted octanol–water partition coefficient (Wildman–Crippen LogP) is 2.43. The fraction of sp³-hybridized carbons (Fsp3) is 0. The van der Waals surface area contributed by atoms with Crippen molar-refractivity contribution in [3.63, 3.8) is 0 Å². The first-order valence-corrected chi connectivity index (χ1v) is 6.24. The number of pyridine rings is 1. The molecule has 0 aliphatic carbocycles. The third-order valence-corrected chi connectivity index (χ3v) is 3.08. The molecule has 0 aliphatic heterocycles. The van der Waals surface area contributed by atoms with Gasteiger partial charge in [-0.1, -0.05) is 0 Å². The zero-order valence-corrected chi connectivity index (χ0v) is 11.6. The number of carbonyl (C=O) groups excluding carboxylic acids is 1. The van der Waals surface area contributed by atoms with Crippen LogP contribution in [0.5, 0.6) is 11.6 Å². The number of primary amides is 1. The number of aromatic carboxylic acids is 1. The molecule has 0 radical (unpaired) electrons. The number of hydrogen-bond acceptors (Lipinski definition) is 4. The van der Waals surface area contributed by atoms with Crippen LogP contribution in [0.25, 0.3) is 0 Å². The first kappa shape index (κ1) is 14.0. The maximum atomic E-state index is 11.3. The summed E-state index contributed by atoms with van der Waals surface area (Å²) in [6, 6.07) is 7.31. The minimum Gasteiger partial charge on any atom is -0.478 e. The van der Waals surface area contributed by atoms with Gasteiger partial charge in [-0.3, -0.25) is 4.79 Å². The summed E-state index contributed by atoms with van der Waals surface area (Å²) < 4.78 is 6.00. The molecule has 6 nitrogen and oxygen atoms in total. The molecule has 1 aromatic carbocycles. The average Bonchev–Trinajstić information content (AvgIpc) is 2.41. The lowest BCUT2D eigenvalue weighted by atomic mass is 10.2. The number of nitrogens with two attached hydrogens (primary N) is 1. The Kier molecular flexibility index (Phi) is 3.99. The minimum atomic E-state index is -1.08. The van der Waals surface area contributed by atoms with Gasteiger partial charge in [-0.15, -0.1) is 0 Å². The van der Waals surface area contributed by atoms with E-state index in [9.17, 15) is 9.59 Å². The summed E-state index contributed by atoms with van der Waals surface area (Å²) >= 11 is 3.24. The molecule has 1 amide bonds. The van der Waals surface area contributed by atoms with Gasteiger partial charge in [-0.2, -0.15) is 0 Å². The first-order valence-electron chi connectivity index (χ1n) is 5.44. The van der Waals surface area contributed by atoms with Gasteiger partial charge in [0.2, 0.25) is 5.88 Å². The number of carbonyl (C=O) groups is 2. The van der Waals surface area contributed by atoms with Crippen molar-refractivity contribution in [2.24, 2.45) is 5.73 Å². The number of halogens is 1. The van der Waals surface area contributed by atoms with E-state index in [1.807, 2.05) is 0 Å². The van der Waals surface area contributed by atoms with E-state index in [0.29, 0.717) is 4.47 Å². The Morgan fingerprint density at radius 2 is 2.05 bits per heavy atom. The zero-order chi connectivity index (χ0) is 14.7. The van der Waals surface area contributed by atoms with Crippen molar-refractivity contribution in [3.05, 3.63) is 52.1 Å². The van der Waals surface area contributed by atoms with Crippen LogP contribution in [0.15, 0.2) is 41.0 Å². The van der Waals surface area contributed by atoms with Crippen molar-refractivity contribution in [2.45, 2.75) is 0 Å². The second-order valence-corrected chi connectivity index (χ2v) is 4.63. The van der Waals surface area contributed by atoms with E-state index in [2.05, 4.69) is 20.9 Å². The van der Waals surface area contributed by atoms with E-state index in [4.69, 9.17) is 15.6 Å². The highest BCUT2D eigenvalue weighted by atomic mass is 79.9. The van der Waals surface area contributed by atoms with Gasteiger partial charge in [0.25, 0.3) is 5.91 Å². The highest BCUT2D eigenvalue weighted by Gasteiger charge is 2.14. The number of amides is 1. The van der Waals surface area contributed by atoms with Gasteiger partial charge in [0.1, 0.15) is 11.3 Å². The second kappa shape index (κ2) is 5.70. The van der Waals surface area contributed by atoms with Crippen molar-refractivity contribution in [1.82, 2.24) is 4.98 Å². The van der Waals surface area contributed by atoms with Crippen molar-refractivity contribution in [3.8, 4) is 11.6 Å². The fourth-order valence-electron chi connectivity index (χ4n) is 1.48. The summed E-state index contributed by atoms with van der Waals surface area (Å²) in [5, 5.41) is 8.95.